The molecule has 0 radical (unpaired) electrons. The number of fused-ring (bicyclic) bond motifs is 1. The first-order chi connectivity index (χ1) is 13.9. The number of benzene rings is 3. The molecule has 0 spiro atoms. The second-order valence-corrected chi connectivity index (χ2v) is 8.37. The van der Waals surface area contributed by atoms with Gasteiger partial charge in [0, 0.05) is 18.1 Å². The quantitative estimate of drug-likeness (QED) is 0.505. The van der Waals surface area contributed by atoms with Crippen LogP contribution in [0.15, 0.2) is 88.8 Å². The second-order valence-electron chi connectivity index (χ2n) is 6.46. The number of halogens is 2. The van der Waals surface area contributed by atoms with Crippen molar-refractivity contribution < 1.29 is 17.2 Å². The molecule has 7 heteroatoms. The van der Waals surface area contributed by atoms with Gasteiger partial charge in [0.25, 0.3) is 0 Å². The van der Waals surface area contributed by atoms with E-state index in [0.717, 1.165) is 5.56 Å². The van der Waals surface area contributed by atoms with Crippen LogP contribution >= 0.6 is 0 Å². The minimum atomic E-state index is -3.89. The van der Waals surface area contributed by atoms with Crippen molar-refractivity contribution in [2.75, 3.05) is 5.32 Å². The molecule has 0 saturated heterocycles. The van der Waals surface area contributed by atoms with Crippen molar-refractivity contribution in [1.29, 1.82) is 0 Å². The molecule has 0 amide bonds. The largest absolute Gasteiger partial charge is 0.379 e. The topological polar surface area (TPSA) is 59.1 Å². The van der Waals surface area contributed by atoms with Crippen molar-refractivity contribution in [1.82, 2.24) is 4.98 Å². The molecule has 0 aliphatic rings. The number of sulfone groups is 1. The summed E-state index contributed by atoms with van der Waals surface area (Å²) in [5, 5.41) is 3.44. The maximum atomic E-state index is 13.9. The minimum absolute atomic E-state index is 0.0519. The highest BCUT2D eigenvalue weighted by Crippen LogP contribution is 2.33. The van der Waals surface area contributed by atoms with Crippen LogP contribution < -0.4 is 5.32 Å². The van der Waals surface area contributed by atoms with Crippen LogP contribution in [0, 0.1) is 11.6 Å². The highest BCUT2D eigenvalue weighted by atomic mass is 32.2. The molecule has 4 aromatic rings. The smallest absolute Gasteiger partial charge is 0.210 e. The van der Waals surface area contributed by atoms with Crippen LogP contribution in [0.25, 0.3) is 10.9 Å². The molecule has 29 heavy (non-hydrogen) atoms. The molecule has 1 heterocycles. The highest BCUT2D eigenvalue weighted by Gasteiger charge is 2.24. The Morgan fingerprint density at radius 3 is 2.28 bits per heavy atom. The Bertz CT molecular complexity index is 1280. The molecule has 0 unspecified atom stereocenters. The molecule has 4 rings (SSSR count). The van der Waals surface area contributed by atoms with Gasteiger partial charge in [-0.05, 0) is 48.0 Å². The summed E-state index contributed by atoms with van der Waals surface area (Å²) >= 11 is 0. The summed E-state index contributed by atoms with van der Waals surface area (Å²) in [6, 6.07) is 17.8. The number of nitrogens with zero attached hydrogens (tertiary/aromatic N) is 1. The number of nitrogens with one attached hydrogen (secondary N) is 1. The molecule has 1 N–H and O–H groups in total. The van der Waals surface area contributed by atoms with Crippen molar-refractivity contribution in [3.8, 4) is 0 Å². The molecule has 1 aromatic heterocycles. The SMILES string of the molecule is O=S(=O)(c1ccccc1)c1cnc2ccc(F)cc2c1NCc1ccc(F)cc1. The molecule has 0 atom stereocenters. The van der Waals surface area contributed by atoms with E-state index in [9.17, 15) is 17.2 Å². The van der Waals surface area contributed by atoms with Gasteiger partial charge in [-0.2, -0.15) is 0 Å². The first-order valence-corrected chi connectivity index (χ1v) is 10.3. The average Bonchev–Trinajstić information content (AvgIpc) is 2.73. The Kier molecular flexibility index (Phi) is 4.98. The van der Waals surface area contributed by atoms with Gasteiger partial charge >= 0.3 is 0 Å². The van der Waals surface area contributed by atoms with E-state index in [2.05, 4.69) is 10.3 Å². The zero-order chi connectivity index (χ0) is 20.4. The molecule has 3 aromatic carbocycles. The predicted octanol–water partition coefficient (Wildman–Crippen LogP) is 4.96. The second kappa shape index (κ2) is 7.60. The van der Waals surface area contributed by atoms with E-state index in [0.29, 0.717) is 10.9 Å². The highest BCUT2D eigenvalue weighted by molar-refractivity contribution is 7.91. The molecule has 0 saturated carbocycles. The van der Waals surface area contributed by atoms with E-state index in [1.54, 1.807) is 30.3 Å². The number of anilines is 1. The fourth-order valence-corrected chi connectivity index (χ4v) is 4.46. The summed E-state index contributed by atoms with van der Waals surface area (Å²) < 4.78 is 53.5. The van der Waals surface area contributed by atoms with E-state index in [4.69, 9.17) is 0 Å². The first kappa shape index (κ1) is 19.0. The van der Waals surface area contributed by atoms with Crippen LogP contribution in [0.4, 0.5) is 14.5 Å². The zero-order valence-electron chi connectivity index (χ0n) is 15.1. The van der Waals surface area contributed by atoms with E-state index in [-0.39, 0.29) is 27.8 Å². The Balaban J connectivity index is 1.85. The number of aromatic nitrogens is 1. The third-order valence-electron chi connectivity index (χ3n) is 4.52. The number of hydrogen-bond donors (Lipinski definition) is 1. The summed E-state index contributed by atoms with van der Waals surface area (Å²) in [6.45, 7) is 0.229. The summed E-state index contributed by atoms with van der Waals surface area (Å²) in [4.78, 5) is 4.27. The lowest BCUT2D eigenvalue weighted by atomic mass is 10.1. The summed E-state index contributed by atoms with van der Waals surface area (Å²) in [6.07, 6.45) is 1.27. The summed E-state index contributed by atoms with van der Waals surface area (Å²) in [7, 11) is -3.89. The molecular formula is C22H16F2N2O2S. The molecule has 4 nitrogen and oxygen atoms in total. The molecule has 0 aliphatic heterocycles. The van der Waals surface area contributed by atoms with Gasteiger partial charge in [-0.3, -0.25) is 4.98 Å². The third-order valence-corrected chi connectivity index (χ3v) is 6.30. The van der Waals surface area contributed by atoms with E-state index >= 15 is 0 Å². The first-order valence-electron chi connectivity index (χ1n) is 8.82. The standard InChI is InChI=1S/C22H16F2N2O2S/c23-16-8-6-15(7-9-16)13-26-22-19-12-17(24)10-11-20(19)25-14-21(22)29(27,28)18-4-2-1-3-5-18/h1-12,14H,13H2,(H,25,26). The van der Waals surface area contributed by atoms with Crippen molar-refractivity contribution >= 4 is 26.4 Å². The lowest BCUT2D eigenvalue weighted by molar-refractivity contribution is 0.596. The van der Waals surface area contributed by atoms with E-state index < -0.39 is 15.7 Å². The molecule has 0 bridgehead atoms. The van der Waals surface area contributed by atoms with Gasteiger partial charge in [0.1, 0.15) is 16.5 Å². The Morgan fingerprint density at radius 1 is 0.862 bits per heavy atom. The van der Waals surface area contributed by atoms with Gasteiger partial charge in [-0.25, -0.2) is 17.2 Å². The van der Waals surface area contributed by atoms with Gasteiger partial charge in [0.2, 0.25) is 9.84 Å². The molecule has 0 aliphatic carbocycles. The monoisotopic (exact) mass is 410 g/mol. The Hall–Kier alpha value is -3.32. The fourth-order valence-electron chi connectivity index (χ4n) is 3.05. The summed E-state index contributed by atoms with van der Waals surface area (Å²) in [5.41, 5.74) is 1.46. The van der Waals surface area contributed by atoms with Crippen molar-refractivity contribution in [2.24, 2.45) is 0 Å². The van der Waals surface area contributed by atoms with Gasteiger partial charge in [0.05, 0.1) is 16.1 Å². The van der Waals surface area contributed by atoms with Gasteiger partial charge in [0.15, 0.2) is 0 Å². The Labute approximate surface area is 166 Å². The normalized spacial score (nSPS) is 11.5. The average molecular weight is 410 g/mol. The number of pyridine rings is 1. The van der Waals surface area contributed by atoms with E-state index in [1.807, 2.05) is 0 Å². The lowest BCUT2D eigenvalue weighted by Crippen LogP contribution is -2.09. The maximum absolute atomic E-state index is 13.9. The predicted molar refractivity (Wildman–Crippen MR) is 107 cm³/mol. The van der Waals surface area contributed by atoms with Crippen LogP contribution in [0.3, 0.4) is 0 Å². The third kappa shape index (κ3) is 3.82. The van der Waals surface area contributed by atoms with Gasteiger partial charge < -0.3 is 5.32 Å². The fraction of sp³-hybridized carbons (Fsp3) is 0.0455. The number of hydrogen-bond acceptors (Lipinski definition) is 4. The maximum Gasteiger partial charge on any atom is 0.210 e. The van der Waals surface area contributed by atoms with Crippen molar-refractivity contribution in [3.63, 3.8) is 0 Å². The van der Waals surface area contributed by atoms with Crippen molar-refractivity contribution in [2.45, 2.75) is 16.3 Å². The van der Waals surface area contributed by atoms with Crippen LogP contribution in [0.5, 0.6) is 0 Å². The molecule has 146 valence electrons. The Morgan fingerprint density at radius 2 is 1.55 bits per heavy atom. The van der Waals surface area contributed by atoms with Crippen LogP contribution in [0.2, 0.25) is 0 Å². The van der Waals surface area contributed by atoms with Gasteiger partial charge in [-0.1, -0.05) is 30.3 Å². The molecular weight excluding hydrogens is 394 g/mol. The zero-order valence-corrected chi connectivity index (χ0v) is 16.0. The minimum Gasteiger partial charge on any atom is -0.379 e. The van der Waals surface area contributed by atoms with Crippen LogP contribution in [0.1, 0.15) is 5.56 Å². The lowest BCUT2D eigenvalue weighted by Gasteiger charge is -2.15. The van der Waals surface area contributed by atoms with Crippen LogP contribution in [-0.4, -0.2) is 13.4 Å². The number of rotatable bonds is 5. The van der Waals surface area contributed by atoms with Gasteiger partial charge in [-0.15, -0.1) is 0 Å². The molecule has 0 fully saturated rings. The van der Waals surface area contributed by atoms with Crippen molar-refractivity contribution in [3.05, 3.63) is 96.2 Å². The van der Waals surface area contributed by atoms with Crippen LogP contribution in [-0.2, 0) is 16.4 Å². The summed E-state index contributed by atoms with van der Waals surface area (Å²) in [5.74, 6) is -0.865. The van der Waals surface area contributed by atoms with E-state index in [1.165, 1.54) is 48.7 Å².